The fraction of sp³-hybridized carbons (Fsp3) is 0.867. The number of piperidine rings is 1. The lowest BCUT2D eigenvalue weighted by Gasteiger charge is -2.32. The predicted octanol–water partition coefficient (Wildman–Crippen LogP) is 1.35. The number of nitrogens with zero attached hydrogens (tertiary/aromatic N) is 2. The molecule has 1 heterocycles. The smallest absolute Gasteiger partial charge is 0.252 e. The average molecular weight is 320 g/mol. The number of aliphatic hydroxyl groups excluding tert-OH is 1. The number of hydrogen-bond donors (Lipinski definition) is 3. The summed E-state index contributed by atoms with van der Waals surface area (Å²) in [6, 6.07) is 0. The van der Waals surface area contributed by atoms with Crippen molar-refractivity contribution in [2.24, 2.45) is 23.4 Å². The molecule has 1 unspecified atom stereocenters. The topological polar surface area (TPSA) is 78.8 Å². The maximum atomic E-state index is 12.9. The van der Waals surface area contributed by atoms with E-state index in [1.165, 1.54) is 5.01 Å². The molecule has 5 nitrogen and oxygen atoms in total. The molecule has 0 radical (unpaired) electrons. The van der Waals surface area contributed by atoms with Crippen molar-refractivity contribution in [1.82, 2.24) is 9.91 Å². The highest BCUT2D eigenvalue weighted by Crippen LogP contribution is 2.49. The lowest BCUT2D eigenvalue weighted by atomic mass is 9.91. The number of hydrogen-bond acceptors (Lipinski definition) is 5. The van der Waals surface area contributed by atoms with Crippen LogP contribution in [-0.4, -0.2) is 54.7 Å². The highest BCUT2D eigenvalue weighted by atomic mass is 19.3. The number of rotatable bonds is 6. The summed E-state index contributed by atoms with van der Waals surface area (Å²) in [5, 5.41) is 8.47. The minimum absolute atomic E-state index is 0.0842. The molecule has 2 aliphatic rings. The first-order chi connectivity index (χ1) is 10.4. The van der Waals surface area contributed by atoms with Crippen LogP contribution < -0.4 is 11.6 Å². The third-order valence-electron chi connectivity index (χ3n) is 4.35. The molecule has 1 saturated heterocycles. The molecule has 0 aromatic heterocycles. The van der Waals surface area contributed by atoms with Gasteiger partial charge in [-0.2, -0.15) is 0 Å². The molecule has 7 heteroatoms. The summed E-state index contributed by atoms with van der Waals surface area (Å²) in [5.74, 6) is 3.38. The van der Waals surface area contributed by atoms with Gasteiger partial charge in [0.25, 0.3) is 5.92 Å². The van der Waals surface area contributed by atoms with Gasteiger partial charge in [-0.3, -0.25) is 0 Å². The lowest BCUT2D eigenvalue weighted by molar-refractivity contribution is 0.0802. The van der Waals surface area contributed by atoms with E-state index in [9.17, 15) is 8.78 Å². The number of halogens is 2. The Bertz CT molecular complexity index is 355. The fourth-order valence-corrected chi connectivity index (χ4v) is 2.93. The zero-order chi connectivity index (χ0) is 16.8. The summed E-state index contributed by atoms with van der Waals surface area (Å²) in [5.41, 5.74) is 6.67. The Morgan fingerprint density at radius 3 is 2.36 bits per heavy atom. The van der Waals surface area contributed by atoms with Crippen molar-refractivity contribution in [3.63, 3.8) is 0 Å². The van der Waals surface area contributed by atoms with E-state index >= 15 is 0 Å². The third kappa shape index (κ3) is 6.46. The zero-order valence-corrected chi connectivity index (χ0v) is 13.6. The van der Waals surface area contributed by atoms with Crippen LogP contribution in [-0.2, 0) is 0 Å². The second-order valence-electron chi connectivity index (χ2n) is 6.31. The van der Waals surface area contributed by atoms with Gasteiger partial charge in [0.15, 0.2) is 0 Å². The summed E-state index contributed by atoms with van der Waals surface area (Å²) in [4.78, 5) is 2.19. The number of hydrazine groups is 1. The standard InChI is InChI=1S/C14H26F2N4.CH4O/c1-19(18)10-13(17)3-2-11-4-6-20(7-5-11)9-12-8-14(12,15)16;1-2/h10-12H,2-9,17-18H2,1H3;2H,1H3/b13-10-;. The molecule has 5 N–H and O–H groups in total. The van der Waals surface area contributed by atoms with E-state index in [0.717, 1.165) is 51.6 Å². The molecule has 22 heavy (non-hydrogen) atoms. The average Bonchev–Trinajstić information content (AvgIpc) is 3.06. The van der Waals surface area contributed by atoms with Gasteiger partial charge in [0.2, 0.25) is 0 Å². The van der Waals surface area contributed by atoms with Gasteiger partial charge in [0, 0.05) is 44.9 Å². The van der Waals surface area contributed by atoms with Crippen LogP contribution in [0.1, 0.15) is 32.1 Å². The van der Waals surface area contributed by atoms with Crippen molar-refractivity contribution in [2.75, 3.05) is 33.8 Å². The Morgan fingerprint density at radius 2 is 1.91 bits per heavy atom. The van der Waals surface area contributed by atoms with Crippen molar-refractivity contribution in [2.45, 2.75) is 38.0 Å². The molecule has 0 amide bonds. The molecular weight excluding hydrogens is 290 g/mol. The van der Waals surface area contributed by atoms with Gasteiger partial charge in [0.05, 0.1) is 0 Å². The van der Waals surface area contributed by atoms with Gasteiger partial charge >= 0.3 is 0 Å². The Kier molecular flexibility index (Phi) is 7.52. The molecule has 1 aliphatic carbocycles. The maximum Gasteiger partial charge on any atom is 0.252 e. The predicted molar refractivity (Wildman–Crippen MR) is 83.8 cm³/mol. The van der Waals surface area contributed by atoms with E-state index in [-0.39, 0.29) is 6.42 Å². The maximum absolute atomic E-state index is 12.9. The number of allylic oxidation sites excluding steroid dienone is 1. The van der Waals surface area contributed by atoms with Gasteiger partial charge in [-0.15, -0.1) is 0 Å². The summed E-state index contributed by atoms with van der Waals surface area (Å²) in [6.07, 6.45) is 5.91. The van der Waals surface area contributed by atoms with Gasteiger partial charge in [-0.05, 0) is 44.7 Å². The van der Waals surface area contributed by atoms with E-state index in [1.807, 2.05) is 0 Å². The molecule has 1 saturated carbocycles. The first-order valence-corrected chi connectivity index (χ1v) is 7.85. The molecule has 2 rings (SSSR count). The van der Waals surface area contributed by atoms with E-state index < -0.39 is 11.8 Å². The van der Waals surface area contributed by atoms with Crippen molar-refractivity contribution in [3.8, 4) is 0 Å². The third-order valence-corrected chi connectivity index (χ3v) is 4.35. The number of likely N-dealkylation sites (tertiary alicyclic amines) is 1. The highest BCUT2D eigenvalue weighted by Gasteiger charge is 2.56. The molecular formula is C15H30F2N4O. The Hall–Kier alpha value is -0.920. The summed E-state index contributed by atoms with van der Waals surface area (Å²) in [6.45, 7) is 2.45. The molecule has 0 aromatic rings. The van der Waals surface area contributed by atoms with Crippen LogP contribution in [0.3, 0.4) is 0 Å². The largest absolute Gasteiger partial charge is 0.401 e. The van der Waals surface area contributed by atoms with Crippen LogP contribution in [0.15, 0.2) is 11.9 Å². The van der Waals surface area contributed by atoms with E-state index in [1.54, 1.807) is 13.2 Å². The molecule has 0 spiro atoms. The first kappa shape index (κ1) is 19.1. The van der Waals surface area contributed by atoms with Crippen molar-refractivity contribution in [1.29, 1.82) is 0 Å². The van der Waals surface area contributed by atoms with Gasteiger partial charge < -0.3 is 20.7 Å². The molecule has 1 aliphatic heterocycles. The SMILES string of the molecule is CN(N)/C=C(\N)CCC1CCN(CC2CC2(F)F)CC1.CO. The molecule has 1 atom stereocenters. The Morgan fingerprint density at radius 1 is 1.36 bits per heavy atom. The molecule has 0 aromatic carbocycles. The normalized spacial score (nSPS) is 25.4. The Balaban J connectivity index is 0.00000116. The minimum atomic E-state index is -2.38. The van der Waals surface area contributed by atoms with Crippen LogP contribution in [0, 0.1) is 11.8 Å². The van der Waals surface area contributed by atoms with E-state index in [0.29, 0.717) is 12.5 Å². The summed E-state index contributed by atoms with van der Waals surface area (Å²) >= 11 is 0. The zero-order valence-electron chi connectivity index (χ0n) is 13.6. The van der Waals surface area contributed by atoms with Crippen molar-refractivity contribution in [3.05, 3.63) is 11.9 Å². The van der Waals surface area contributed by atoms with Crippen LogP contribution >= 0.6 is 0 Å². The number of nitrogens with two attached hydrogens (primary N) is 2. The Labute approximate surface area is 131 Å². The first-order valence-electron chi connectivity index (χ1n) is 7.85. The van der Waals surface area contributed by atoms with Gasteiger partial charge in [-0.25, -0.2) is 14.6 Å². The van der Waals surface area contributed by atoms with E-state index in [2.05, 4.69) is 4.90 Å². The molecule has 0 bridgehead atoms. The molecule has 130 valence electrons. The van der Waals surface area contributed by atoms with Gasteiger partial charge in [-0.1, -0.05) is 0 Å². The number of aliphatic hydroxyl groups is 1. The van der Waals surface area contributed by atoms with Crippen LogP contribution in [0.4, 0.5) is 8.78 Å². The van der Waals surface area contributed by atoms with Crippen LogP contribution in [0.25, 0.3) is 0 Å². The summed E-state index contributed by atoms with van der Waals surface area (Å²) < 4.78 is 25.8. The quantitative estimate of drug-likeness (QED) is 0.508. The van der Waals surface area contributed by atoms with Gasteiger partial charge in [0.1, 0.15) is 0 Å². The fourth-order valence-electron chi connectivity index (χ4n) is 2.93. The molecule has 2 fully saturated rings. The monoisotopic (exact) mass is 320 g/mol. The second-order valence-corrected chi connectivity index (χ2v) is 6.31. The van der Waals surface area contributed by atoms with Crippen molar-refractivity contribution < 1.29 is 13.9 Å². The van der Waals surface area contributed by atoms with Crippen LogP contribution in [0.5, 0.6) is 0 Å². The van der Waals surface area contributed by atoms with E-state index in [4.69, 9.17) is 16.7 Å². The van der Waals surface area contributed by atoms with Crippen LogP contribution in [0.2, 0.25) is 0 Å². The number of alkyl halides is 2. The minimum Gasteiger partial charge on any atom is -0.401 e. The highest BCUT2D eigenvalue weighted by molar-refractivity contribution is 4.97. The second kappa shape index (κ2) is 8.64. The summed E-state index contributed by atoms with van der Waals surface area (Å²) in [7, 11) is 2.75. The van der Waals surface area contributed by atoms with Crippen molar-refractivity contribution >= 4 is 0 Å². The lowest BCUT2D eigenvalue weighted by Crippen LogP contribution is -2.35.